The van der Waals surface area contributed by atoms with Crippen LogP contribution in [0.2, 0.25) is 0 Å². The molecule has 2 heterocycles. The predicted molar refractivity (Wildman–Crippen MR) is 51.6 cm³/mol. The Balaban J connectivity index is 0.00000112. The summed E-state index contributed by atoms with van der Waals surface area (Å²) in [6.45, 7) is 0. The van der Waals surface area contributed by atoms with E-state index in [2.05, 4.69) is 20.9 Å². The van der Waals surface area contributed by atoms with Gasteiger partial charge in [0.05, 0.1) is 5.69 Å². The Kier molecular flexibility index (Phi) is 4.33. The zero-order valence-electron chi connectivity index (χ0n) is 8.11. The molecule has 0 aromatic carbocycles. The molecule has 0 saturated heterocycles. The van der Waals surface area contributed by atoms with Crippen molar-refractivity contribution in [3.63, 3.8) is 0 Å². The molecule has 0 aliphatic rings. The van der Waals surface area contributed by atoms with Crippen molar-refractivity contribution in [3.8, 4) is 0 Å². The number of aromatic nitrogens is 2. The van der Waals surface area contributed by atoms with E-state index < -0.39 is 5.97 Å². The SMILES string of the molecule is O=C([O-])Cc1nc2ccccn2c1Br.[Na+]. The Hall–Kier alpha value is -0.360. The van der Waals surface area contributed by atoms with Crippen LogP contribution in [0, 0.1) is 0 Å². The van der Waals surface area contributed by atoms with E-state index in [-0.39, 0.29) is 36.0 Å². The standard InChI is InChI=1S/C9H7BrN2O2.Na/c10-9-6(5-8(13)14)11-7-3-1-2-4-12(7)9;/h1-4H,5H2,(H,13,14);/q;+1/p-1. The number of halogens is 1. The third kappa shape index (κ3) is 2.60. The molecule has 0 aliphatic carbocycles. The molecule has 0 fully saturated rings. The van der Waals surface area contributed by atoms with Gasteiger partial charge in [-0.1, -0.05) is 6.07 Å². The second-order valence-corrected chi connectivity index (χ2v) is 3.58. The summed E-state index contributed by atoms with van der Waals surface area (Å²) in [5.74, 6) is -1.13. The van der Waals surface area contributed by atoms with Crippen molar-refractivity contribution in [2.75, 3.05) is 0 Å². The largest absolute Gasteiger partial charge is 1.00 e. The molecule has 2 aromatic rings. The Bertz CT molecular complexity index is 498. The zero-order valence-corrected chi connectivity index (χ0v) is 11.7. The van der Waals surface area contributed by atoms with Crippen LogP contribution in [0.25, 0.3) is 5.65 Å². The fourth-order valence-electron chi connectivity index (χ4n) is 1.26. The first-order chi connectivity index (χ1) is 6.68. The van der Waals surface area contributed by atoms with Crippen LogP contribution in [0.4, 0.5) is 0 Å². The molecular formula is C9H6BrN2NaO2. The summed E-state index contributed by atoms with van der Waals surface area (Å²) < 4.78 is 2.44. The quantitative estimate of drug-likeness (QED) is 0.565. The van der Waals surface area contributed by atoms with Crippen LogP contribution in [0.5, 0.6) is 0 Å². The van der Waals surface area contributed by atoms with E-state index in [1.807, 2.05) is 24.4 Å². The Morgan fingerprint density at radius 2 is 2.27 bits per heavy atom. The van der Waals surface area contributed by atoms with Crippen LogP contribution < -0.4 is 34.7 Å². The smallest absolute Gasteiger partial charge is 0.550 e. The van der Waals surface area contributed by atoms with E-state index in [0.29, 0.717) is 10.3 Å². The van der Waals surface area contributed by atoms with Gasteiger partial charge < -0.3 is 9.90 Å². The molecule has 0 spiro atoms. The average Bonchev–Trinajstić information content (AvgIpc) is 2.44. The van der Waals surface area contributed by atoms with Crippen molar-refractivity contribution in [2.24, 2.45) is 0 Å². The number of carboxylic acid groups (broad SMARTS) is 1. The Labute approximate surface area is 117 Å². The fraction of sp³-hybridized carbons (Fsp3) is 0.111. The summed E-state index contributed by atoms with van der Waals surface area (Å²) in [6, 6.07) is 5.50. The minimum Gasteiger partial charge on any atom is -0.550 e. The van der Waals surface area contributed by atoms with Crippen LogP contribution in [0.15, 0.2) is 29.0 Å². The van der Waals surface area contributed by atoms with Gasteiger partial charge in [-0.2, -0.15) is 0 Å². The molecule has 2 rings (SSSR count). The normalized spacial score (nSPS) is 9.93. The number of aliphatic carboxylic acids is 1. The van der Waals surface area contributed by atoms with E-state index in [1.165, 1.54) is 0 Å². The van der Waals surface area contributed by atoms with Gasteiger partial charge in [-0.05, 0) is 28.1 Å². The summed E-state index contributed by atoms with van der Waals surface area (Å²) in [5.41, 5.74) is 1.20. The number of hydrogen-bond acceptors (Lipinski definition) is 3. The fourth-order valence-corrected chi connectivity index (χ4v) is 1.79. The van der Waals surface area contributed by atoms with E-state index in [1.54, 1.807) is 4.40 Å². The summed E-state index contributed by atoms with van der Waals surface area (Å²) in [6.07, 6.45) is 1.63. The van der Waals surface area contributed by atoms with Crippen molar-refractivity contribution in [3.05, 3.63) is 34.7 Å². The van der Waals surface area contributed by atoms with Gasteiger partial charge in [0, 0.05) is 18.6 Å². The van der Waals surface area contributed by atoms with Crippen molar-refractivity contribution in [1.82, 2.24) is 9.38 Å². The maximum atomic E-state index is 10.4. The first kappa shape index (κ1) is 12.7. The number of hydrogen-bond donors (Lipinski definition) is 0. The Morgan fingerprint density at radius 1 is 1.53 bits per heavy atom. The molecule has 2 aromatic heterocycles. The molecule has 0 atom stereocenters. The van der Waals surface area contributed by atoms with Crippen LogP contribution >= 0.6 is 15.9 Å². The zero-order chi connectivity index (χ0) is 10.1. The van der Waals surface area contributed by atoms with Gasteiger partial charge in [-0.25, -0.2) is 4.98 Å². The van der Waals surface area contributed by atoms with Crippen molar-refractivity contribution in [1.29, 1.82) is 0 Å². The number of imidazole rings is 1. The van der Waals surface area contributed by atoms with E-state index in [9.17, 15) is 9.90 Å². The van der Waals surface area contributed by atoms with Gasteiger partial charge in [-0.3, -0.25) is 4.40 Å². The maximum absolute atomic E-state index is 10.4. The number of fused-ring (bicyclic) bond motifs is 1. The van der Waals surface area contributed by atoms with Gasteiger partial charge >= 0.3 is 29.6 Å². The number of carbonyl (C=O) groups excluding carboxylic acids is 1. The molecule has 0 amide bonds. The van der Waals surface area contributed by atoms with Crippen LogP contribution in [0.3, 0.4) is 0 Å². The van der Waals surface area contributed by atoms with Crippen molar-refractivity contribution in [2.45, 2.75) is 6.42 Å². The van der Waals surface area contributed by atoms with Crippen LogP contribution in [-0.4, -0.2) is 15.4 Å². The second kappa shape index (κ2) is 5.12. The monoisotopic (exact) mass is 276 g/mol. The minimum atomic E-state index is -1.13. The first-order valence-electron chi connectivity index (χ1n) is 4.00. The van der Waals surface area contributed by atoms with Crippen molar-refractivity contribution < 1.29 is 39.5 Å². The minimum absolute atomic E-state index is 0. The number of rotatable bonds is 2. The molecule has 4 nitrogen and oxygen atoms in total. The summed E-state index contributed by atoms with van der Waals surface area (Å²) >= 11 is 3.29. The number of carbonyl (C=O) groups is 1. The summed E-state index contributed by atoms with van der Waals surface area (Å²) in [5, 5.41) is 10.4. The third-order valence-electron chi connectivity index (χ3n) is 1.85. The van der Waals surface area contributed by atoms with E-state index in [4.69, 9.17) is 0 Å². The van der Waals surface area contributed by atoms with Crippen molar-refractivity contribution >= 4 is 27.5 Å². The van der Waals surface area contributed by atoms with Gasteiger partial charge in [0.25, 0.3) is 0 Å². The second-order valence-electron chi connectivity index (χ2n) is 2.83. The molecule has 6 heteroatoms. The first-order valence-corrected chi connectivity index (χ1v) is 4.79. The molecular weight excluding hydrogens is 271 g/mol. The maximum Gasteiger partial charge on any atom is 1.00 e. The molecule has 0 saturated carbocycles. The number of carboxylic acids is 1. The van der Waals surface area contributed by atoms with Crippen LogP contribution in [-0.2, 0) is 11.2 Å². The van der Waals surface area contributed by atoms with Crippen LogP contribution in [0.1, 0.15) is 5.69 Å². The molecule has 0 radical (unpaired) electrons. The third-order valence-corrected chi connectivity index (χ3v) is 2.69. The van der Waals surface area contributed by atoms with E-state index in [0.717, 1.165) is 5.65 Å². The van der Waals surface area contributed by atoms with Gasteiger partial charge in [0.2, 0.25) is 0 Å². The van der Waals surface area contributed by atoms with E-state index >= 15 is 0 Å². The van der Waals surface area contributed by atoms with Gasteiger partial charge in [-0.15, -0.1) is 0 Å². The topological polar surface area (TPSA) is 57.4 Å². The molecule has 0 aliphatic heterocycles. The summed E-state index contributed by atoms with van der Waals surface area (Å²) in [4.78, 5) is 14.6. The molecule has 0 unspecified atom stereocenters. The predicted octanol–water partition coefficient (Wildman–Crippen LogP) is -2.61. The van der Waals surface area contributed by atoms with Gasteiger partial charge in [0.15, 0.2) is 0 Å². The summed E-state index contributed by atoms with van der Waals surface area (Å²) in [7, 11) is 0. The number of pyridine rings is 1. The average molecular weight is 277 g/mol. The Morgan fingerprint density at radius 3 is 2.87 bits per heavy atom. The molecule has 15 heavy (non-hydrogen) atoms. The number of nitrogens with zero attached hydrogens (tertiary/aromatic N) is 2. The van der Waals surface area contributed by atoms with Gasteiger partial charge in [0.1, 0.15) is 10.3 Å². The molecule has 0 bridgehead atoms. The molecule has 72 valence electrons. The molecule has 0 N–H and O–H groups in total.